The summed E-state index contributed by atoms with van der Waals surface area (Å²) in [7, 11) is 0. The molecule has 1 N–H and O–H groups in total. The number of fused-ring (bicyclic) bond motifs is 3. The number of ether oxygens (including phenoxy) is 2. The second-order valence-corrected chi connectivity index (χ2v) is 7.72. The Morgan fingerprint density at radius 2 is 1.87 bits per heavy atom. The summed E-state index contributed by atoms with van der Waals surface area (Å²) in [6, 6.07) is 9.28. The lowest BCUT2D eigenvalue weighted by atomic mass is 10.0. The van der Waals surface area contributed by atoms with Crippen LogP contribution in [0.5, 0.6) is 11.5 Å². The number of carbonyl (C=O) groups is 1. The molecule has 0 aliphatic carbocycles. The molecule has 0 spiro atoms. The van der Waals surface area contributed by atoms with Crippen LogP contribution in [0.25, 0.3) is 21.9 Å². The predicted molar refractivity (Wildman–Crippen MR) is 114 cm³/mol. The van der Waals surface area contributed by atoms with Gasteiger partial charge in [-0.3, -0.25) is 4.79 Å². The molecule has 5 rings (SSSR count). The van der Waals surface area contributed by atoms with Crippen molar-refractivity contribution in [2.45, 2.75) is 33.2 Å². The maximum Gasteiger partial charge on any atom is 0.339 e. The van der Waals surface area contributed by atoms with Gasteiger partial charge in [0.25, 0.3) is 0 Å². The van der Waals surface area contributed by atoms with E-state index in [1.54, 1.807) is 12.3 Å². The number of nitrogens with one attached hydrogen (secondary N) is 1. The maximum atomic E-state index is 12.5. The van der Waals surface area contributed by atoms with E-state index in [0.717, 1.165) is 27.5 Å². The van der Waals surface area contributed by atoms with Crippen molar-refractivity contribution in [1.82, 2.24) is 5.32 Å². The van der Waals surface area contributed by atoms with Gasteiger partial charge in [0.2, 0.25) is 12.7 Å². The molecule has 4 aromatic rings. The molecule has 3 heterocycles. The molecular formula is C24H21NO6. The number of hydrogen-bond acceptors (Lipinski definition) is 6. The molecule has 7 heteroatoms. The fourth-order valence-corrected chi connectivity index (χ4v) is 3.90. The van der Waals surface area contributed by atoms with Crippen molar-refractivity contribution >= 4 is 27.8 Å². The van der Waals surface area contributed by atoms with Gasteiger partial charge in [0.15, 0.2) is 11.5 Å². The summed E-state index contributed by atoms with van der Waals surface area (Å²) in [4.78, 5) is 24.9. The summed E-state index contributed by atoms with van der Waals surface area (Å²) in [6.45, 7) is 4.45. The van der Waals surface area contributed by atoms with Crippen LogP contribution >= 0.6 is 0 Å². The summed E-state index contributed by atoms with van der Waals surface area (Å²) < 4.78 is 21.7. The molecule has 2 aromatic carbocycles. The first kappa shape index (κ1) is 19.2. The van der Waals surface area contributed by atoms with E-state index in [9.17, 15) is 9.59 Å². The monoisotopic (exact) mass is 419 g/mol. The van der Waals surface area contributed by atoms with Crippen LogP contribution in [0.15, 0.2) is 50.2 Å². The van der Waals surface area contributed by atoms with Gasteiger partial charge in [0, 0.05) is 35.4 Å². The van der Waals surface area contributed by atoms with Gasteiger partial charge in [0.05, 0.1) is 6.26 Å². The van der Waals surface area contributed by atoms with Crippen molar-refractivity contribution < 1.29 is 23.1 Å². The fourth-order valence-electron chi connectivity index (χ4n) is 3.90. The van der Waals surface area contributed by atoms with Crippen LogP contribution in [0.4, 0.5) is 0 Å². The van der Waals surface area contributed by atoms with E-state index >= 15 is 0 Å². The lowest BCUT2D eigenvalue weighted by Crippen LogP contribution is -2.24. The Bertz CT molecular complexity index is 1380. The number of amides is 1. The molecule has 0 fully saturated rings. The van der Waals surface area contributed by atoms with Crippen molar-refractivity contribution in [3.63, 3.8) is 0 Å². The molecule has 0 saturated carbocycles. The van der Waals surface area contributed by atoms with E-state index in [-0.39, 0.29) is 19.1 Å². The van der Waals surface area contributed by atoms with Crippen molar-refractivity contribution in [1.29, 1.82) is 0 Å². The van der Waals surface area contributed by atoms with Crippen LogP contribution < -0.4 is 20.4 Å². The molecular weight excluding hydrogens is 398 g/mol. The molecule has 1 aliphatic heterocycles. The van der Waals surface area contributed by atoms with E-state index in [1.165, 1.54) is 0 Å². The average Bonchev–Trinajstić information content (AvgIpc) is 3.37. The topological polar surface area (TPSA) is 90.9 Å². The number of hydrogen-bond donors (Lipinski definition) is 1. The van der Waals surface area contributed by atoms with E-state index in [4.69, 9.17) is 18.3 Å². The highest BCUT2D eigenvalue weighted by atomic mass is 16.7. The number of aryl methyl sites for hydroxylation is 2. The van der Waals surface area contributed by atoms with Gasteiger partial charge >= 0.3 is 5.63 Å². The van der Waals surface area contributed by atoms with Gasteiger partial charge in [-0.05, 0) is 55.2 Å². The molecule has 1 aliphatic rings. The third-order valence-electron chi connectivity index (χ3n) is 5.70. The van der Waals surface area contributed by atoms with Gasteiger partial charge in [-0.1, -0.05) is 6.07 Å². The smallest absolute Gasteiger partial charge is 0.339 e. The minimum absolute atomic E-state index is 0.141. The average molecular weight is 419 g/mol. The van der Waals surface area contributed by atoms with Gasteiger partial charge < -0.3 is 23.6 Å². The molecule has 7 nitrogen and oxygen atoms in total. The molecule has 1 amide bonds. The molecule has 0 saturated heterocycles. The molecule has 158 valence electrons. The van der Waals surface area contributed by atoms with Crippen molar-refractivity contribution in [2.75, 3.05) is 6.79 Å². The Balaban J connectivity index is 1.30. The lowest BCUT2D eigenvalue weighted by molar-refractivity contribution is -0.121. The summed E-state index contributed by atoms with van der Waals surface area (Å²) >= 11 is 0. The normalized spacial score (nSPS) is 12.6. The van der Waals surface area contributed by atoms with Crippen LogP contribution in [0.1, 0.15) is 28.7 Å². The zero-order chi connectivity index (χ0) is 21.5. The van der Waals surface area contributed by atoms with E-state index in [1.807, 2.05) is 38.1 Å². The Labute approximate surface area is 177 Å². The van der Waals surface area contributed by atoms with Gasteiger partial charge in [0.1, 0.15) is 11.2 Å². The van der Waals surface area contributed by atoms with Crippen molar-refractivity contribution in [3.05, 3.63) is 69.3 Å². The third kappa shape index (κ3) is 3.52. The Morgan fingerprint density at radius 1 is 1.03 bits per heavy atom. The van der Waals surface area contributed by atoms with Gasteiger partial charge in [-0.15, -0.1) is 0 Å². The quantitative estimate of drug-likeness (QED) is 0.489. The molecule has 31 heavy (non-hydrogen) atoms. The van der Waals surface area contributed by atoms with E-state index in [0.29, 0.717) is 41.2 Å². The Hall–Kier alpha value is -3.74. The third-order valence-corrected chi connectivity index (χ3v) is 5.70. The van der Waals surface area contributed by atoms with Gasteiger partial charge in [-0.2, -0.15) is 0 Å². The summed E-state index contributed by atoms with van der Waals surface area (Å²) in [5.74, 6) is 1.24. The number of rotatable bonds is 5. The standard InChI is InChI=1S/C24H21NO6/c1-13-11-28-20-9-21-18(8-17(13)20)14(2)16(24(27)31-21)4-6-23(26)25-10-15-3-5-19-22(7-15)30-12-29-19/h3,5,7-9,11H,4,6,10,12H2,1-2H3,(H,25,26). The molecule has 0 atom stereocenters. The summed E-state index contributed by atoms with van der Waals surface area (Å²) in [5.41, 5.74) is 4.04. The van der Waals surface area contributed by atoms with Crippen LogP contribution in [-0.2, 0) is 17.8 Å². The van der Waals surface area contributed by atoms with E-state index < -0.39 is 5.63 Å². The number of furan rings is 1. The molecule has 2 aromatic heterocycles. The van der Waals surface area contributed by atoms with Gasteiger partial charge in [-0.25, -0.2) is 4.79 Å². The minimum atomic E-state index is -0.420. The van der Waals surface area contributed by atoms with Crippen LogP contribution in [0.2, 0.25) is 0 Å². The Kier molecular flexibility index (Phi) is 4.66. The lowest BCUT2D eigenvalue weighted by Gasteiger charge is -2.09. The summed E-state index contributed by atoms with van der Waals surface area (Å²) in [6.07, 6.45) is 2.18. The molecule has 0 radical (unpaired) electrons. The highest BCUT2D eigenvalue weighted by Gasteiger charge is 2.16. The predicted octanol–water partition coefficient (Wildman–Crippen LogP) is 4.13. The highest BCUT2D eigenvalue weighted by molar-refractivity contribution is 5.96. The molecule has 0 bridgehead atoms. The van der Waals surface area contributed by atoms with Crippen LogP contribution in [-0.4, -0.2) is 12.7 Å². The van der Waals surface area contributed by atoms with E-state index in [2.05, 4.69) is 5.32 Å². The highest BCUT2D eigenvalue weighted by Crippen LogP contribution is 2.32. The number of benzene rings is 2. The maximum absolute atomic E-state index is 12.5. The number of carbonyl (C=O) groups excluding carboxylic acids is 1. The largest absolute Gasteiger partial charge is 0.464 e. The second kappa shape index (κ2) is 7.50. The first-order chi connectivity index (χ1) is 15.0. The first-order valence-electron chi connectivity index (χ1n) is 10.1. The first-order valence-corrected chi connectivity index (χ1v) is 10.1. The zero-order valence-electron chi connectivity index (χ0n) is 17.2. The summed E-state index contributed by atoms with van der Waals surface area (Å²) in [5, 5.41) is 4.72. The Morgan fingerprint density at radius 3 is 2.74 bits per heavy atom. The van der Waals surface area contributed by atoms with Crippen LogP contribution in [0.3, 0.4) is 0 Å². The van der Waals surface area contributed by atoms with Crippen molar-refractivity contribution in [2.24, 2.45) is 0 Å². The molecule has 0 unspecified atom stereocenters. The minimum Gasteiger partial charge on any atom is -0.464 e. The SMILES string of the molecule is Cc1coc2cc3oc(=O)c(CCC(=O)NCc4ccc5c(c4)OCO5)c(C)c3cc12. The van der Waals surface area contributed by atoms with Crippen molar-refractivity contribution in [3.8, 4) is 11.5 Å². The second-order valence-electron chi connectivity index (χ2n) is 7.72. The van der Waals surface area contributed by atoms with Crippen LogP contribution in [0, 0.1) is 13.8 Å². The fraction of sp³-hybridized carbons (Fsp3) is 0.250. The zero-order valence-corrected chi connectivity index (χ0v) is 17.2.